The SMILES string of the molecule is O=C(c1ccc(CNc2ncccn2)cc1)N(Cc1ccccc1)Cc1ccccc1. The lowest BCUT2D eigenvalue weighted by Gasteiger charge is -2.23. The second-order valence-electron chi connectivity index (χ2n) is 7.26. The summed E-state index contributed by atoms with van der Waals surface area (Å²) in [4.78, 5) is 23.5. The molecule has 1 amide bonds. The Kier molecular flexibility index (Phi) is 6.65. The minimum Gasteiger partial charge on any atom is -0.350 e. The van der Waals surface area contributed by atoms with Crippen molar-refractivity contribution in [1.82, 2.24) is 14.9 Å². The number of hydrogen-bond donors (Lipinski definition) is 1. The number of carbonyl (C=O) groups excluding carboxylic acids is 1. The summed E-state index contributed by atoms with van der Waals surface area (Å²) in [5.74, 6) is 0.596. The molecular weight excluding hydrogens is 384 g/mol. The van der Waals surface area contributed by atoms with Gasteiger partial charge in [-0.15, -0.1) is 0 Å². The number of carbonyl (C=O) groups is 1. The van der Waals surface area contributed by atoms with Crippen LogP contribution in [0.25, 0.3) is 0 Å². The predicted octanol–water partition coefficient (Wildman–Crippen LogP) is 4.93. The van der Waals surface area contributed by atoms with Gasteiger partial charge in [-0.05, 0) is 34.9 Å². The molecule has 0 saturated carbocycles. The van der Waals surface area contributed by atoms with E-state index in [2.05, 4.69) is 15.3 Å². The van der Waals surface area contributed by atoms with Crippen molar-refractivity contribution in [2.75, 3.05) is 5.32 Å². The summed E-state index contributed by atoms with van der Waals surface area (Å²) in [6, 6.07) is 29.6. The highest BCUT2D eigenvalue weighted by Gasteiger charge is 2.17. The highest BCUT2D eigenvalue weighted by molar-refractivity contribution is 5.94. The molecule has 0 fully saturated rings. The standard InChI is InChI=1S/C26H24N4O/c31-25(24-14-12-21(13-15-24)18-29-26-27-16-7-17-28-26)30(19-22-8-3-1-4-9-22)20-23-10-5-2-6-11-23/h1-17H,18-20H2,(H,27,28,29). The van der Waals surface area contributed by atoms with Crippen molar-refractivity contribution >= 4 is 11.9 Å². The molecule has 0 unspecified atom stereocenters. The summed E-state index contributed by atoms with van der Waals surface area (Å²) >= 11 is 0. The van der Waals surface area contributed by atoms with Crippen molar-refractivity contribution < 1.29 is 4.79 Å². The van der Waals surface area contributed by atoms with Gasteiger partial charge in [0.1, 0.15) is 0 Å². The van der Waals surface area contributed by atoms with Gasteiger partial charge in [0.05, 0.1) is 0 Å². The molecule has 5 heteroatoms. The maximum Gasteiger partial charge on any atom is 0.254 e. The third kappa shape index (κ3) is 5.76. The van der Waals surface area contributed by atoms with Crippen molar-refractivity contribution in [3.05, 3.63) is 126 Å². The average molecular weight is 409 g/mol. The Labute approximate surface area is 182 Å². The molecule has 0 aliphatic heterocycles. The number of nitrogens with zero attached hydrogens (tertiary/aromatic N) is 3. The molecule has 31 heavy (non-hydrogen) atoms. The van der Waals surface area contributed by atoms with E-state index in [1.54, 1.807) is 18.5 Å². The number of aromatic nitrogens is 2. The van der Waals surface area contributed by atoms with E-state index in [1.165, 1.54) is 0 Å². The minimum atomic E-state index is 0.0126. The van der Waals surface area contributed by atoms with Gasteiger partial charge in [-0.3, -0.25) is 4.79 Å². The molecule has 0 radical (unpaired) electrons. The zero-order valence-corrected chi connectivity index (χ0v) is 17.2. The van der Waals surface area contributed by atoms with E-state index >= 15 is 0 Å². The van der Waals surface area contributed by atoms with Gasteiger partial charge in [0.25, 0.3) is 5.91 Å². The number of rotatable bonds is 8. The molecule has 4 rings (SSSR count). The quantitative estimate of drug-likeness (QED) is 0.449. The van der Waals surface area contributed by atoms with E-state index in [1.807, 2.05) is 89.8 Å². The van der Waals surface area contributed by atoms with Crippen LogP contribution in [0.2, 0.25) is 0 Å². The number of anilines is 1. The van der Waals surface area contributed by atoms with E-state index in [9.17, 15) is 4.79 Å². The van der Waals surface area contributed by atoms with Crippen LogP contribution in [-0.4, -0.2) is 20.8 Å². The number of benzene rings is 3. The van der Waals surface area contributed by atoms with Crippen LogP contribution >= 0.6 is 0 Å². The van der Waals surface area contributed by atoms with Crippen LogP contribution in [0.4, 0.5) is 5.95 Å². The van der Waals surface area contributed by atoms with Gasteiger partial charge in [0.15, 0.2) is 0 Å². The van der Waals surface area contributed by atoms with E-state index in [-0.39, 0.29) is 5.91 Å². The first-order valence-electron chi connectivity index (χ1n) is 10.2. The summed E-state index contributed by atoms with van der Waals surface area (Å²) in [6.07, 6.45) is 3.40. The van der Waals surface area contributed by atoms with E-state index < -0.39 is 0 Å². The zero-order valence-electron chi connectivity index (χ0n) is 17.2. The molecule has 154 valence electrons. The summed E-state index contributed by atoms with van der Waals surface area (Å²) in [7, 11) is 0. The summed E-state index contributed by atoms with van der Waals surface area (Å²) in [5, 5.41) is 3.18. The van der Waals surface area contributed by atoms with Crippen LogP contribution in [0.15, 0.2) is 103 Å². The monoisotopic (exact) mass is 408 g/mol. The zero-order chi connectivity index (χ0) is 21.3. The molecule has 3 aromatic carbocycles. The molecule has 0 atom stereocenters. The molecular formula is C26H24N4O. The van der Waals surface area contributed by atoms with E-state index in [0.29, 0.717) is 31.1 Å². The lowest BCUT2D eigenvalue weighted by Crippen LogP contribution is -2.30. The Morgan fingerprint density at radius 2 is 1.23 bits per heavy atom. The molecule has 0 bridgehead atoms. The summed E-state index contributed by atoms with van der Waals surface area (Å²) < 4.78 is 0. The molecule has 5 nitrogen and oxygen atoms in total. The maximum absolute atomic E-state index is 13.3. The molecule has 1 heterocycles. The van der Waals surface area contributed by atoms with Crippen LogP contribution in [-0.2, 0) is 19.6 Å². The van der Waals surface area contributed by atoms with Gasteiger partial charge in [0.2, 0.25) is 5.95 Å². The average Bonchev–Trinajstić information content (AvgIpc) is 2.84. The van der Waals surface area contributed by atoms with Crippen molar-refractivity contribution in [2.45, 2.75) is 19.6 Å². The number of hydrogen-bond acceptors (Lipinski definition) is 4. The Hall–Kier alpha value is -3.99. The number of amides is 1. The second-order valence-corrected chi connectivity index (χ2v) is 7.26. The number of nitrogens with one attached hydrogen (secondary N) is 1. The van der Waals surface area contributed by atoms with Gasteiger partial charge >= 0.3 is 0 Å². The van der Waals surface area contributed by atoms with Gasteiger partial charge in [-0.1, -0.05) is 72.8 Å². The lowest BCUT2D eigenvalue weighted by atomic mass is 10.1. The molecule has 0 aliphatic rings. The van der Waals surface area contributed by atoms with Crippen LogP contribution in [0.3, 0.4) is 0 Å². The second kappa shape index (κ2) is 10.2. The van der Waals surface area contributed by atoms with E-state index in [0.717, 1.165) is 16.7 Å². The third-order valence-electron chi connectivity index (χ3n) is 4.94. The fraction of sp³-hybridized carbons (Fsp3) is 0.115. The van der Waals surface area contributed by atoms with Crippen molar-refractivity contribution in [2.24, 2.45) is 0 Å². The molecule has 1 N–H and O–H groups in total. The van der Waals surface area contributed by atoms with Gasteiger partial charge in [0, 0.05) is 37.6 Å². The van der Waals surface area contributed by atoms with Crippen LogP contribution in [0.5, 0.6) is 0 Å². The summed E-state index contributed by atoms with van der Waals surface area (Å²) in [6.45, 7) is 1.71. The van der Waals surface area contributed by atoms with Crippen LogP contribution < -0.4 is 5.32 Å². The lowest BCUT2D eigenvalue weighted by molar-refractivity contribution is 0.0730. The van der Waals surface area contributed by atoms with Crippen molar-refractivity contribution in [3.63, 3.8) is 0 Å². The minimum absolute atomic E-state index is 0.0126. The third-order valence-corrected chi connectivity index (χ3v) is 4.94. The molecule has 0 spiro atoms. The predicted molar refractivity (Wildman–Crippen MR) is 122 cm³/mol. The van der Waals surface area contributed by atoms with Gasteiger partial charge in [-0.25, -0.2) is 9.97 Å². The Bertz CT molecular complexity index is 1040. The molecule has 4 aromatic rings. The first-order valence-corrected chi connectivity index (χ1v) is 10.2. The van der Waals surface area contributed by atoms with Gasteiger partial charge < -0.3 is 10.2 Å². The fourth-order valence-electron chi connectivity index (χ4n) is 3.33. The first-order chi connectivity index (χ1) is 15.3. The Morgan fingerprint density at radius 1 is 0.677 bits per heavy atom. The molecule has 0 saturated heterocycles. The van der Waals surface area contributed by atoms with Crippen molar-refractivity contribution in [3.8, 4) is 0 Å². The smallest absolute Gasteiger partial charge is 0.254 e. The largest absolute Gasteiger partial charge is 0.350 e. The normalized spacial score (nSPS) is 10.5. The van der Waals surface area contributed by atoms with Gasteiger partial charge in [-0.2, -0.15) is 0 Å². The highest BCUT2D eigenvalue weighted by atomic mass is 16.2. The topological polar surface area (TPSA) is 58.1 Å². The van der Waals surface area contributed by atoms with Crippen LogP contribution in [0, 0.1) is 0 Å². The fourth-order valence-corrected chi connectivity index (χ4v) is 3.33. The highest BCUT2D eigenvalue weighted by Crippen LogP contribution is 2.15. The molecule has 1 aromatic heterocycles. The molecule has 0 aliphatic carbocycles. The van der Waals surface area contributed by atoms with E-state index in [4.69, 9.17) is 0 Å². The Morgan fingerprint density at radius 3 is 1.77 bits per heavy atom. The maximum atomic E-state index is 13.3. The van der Waals surface area contributed by atoms with Crippen molar-refractivity contribution in [1.29, 1.82) is 0 Å². The summed E-state index contributed by atoms with van der Waals surface area (Å²) in [5.41, 5.74) is 3.94. The van der Waals surface area contributed by atoms with Crippen LogP contribution in [0.1, 0.15) is 27.0 Å². The first kappa shape index (κ1) is 20.3. The Balaban J connectivity index is 1.47.